The molecule has 2 aromatic rings. The van der Waals surface area contributed by atoms with Crippen LogP contribution in [0.3, 0.4) is 0 Å². The van der Waals surface area contributed by atoms with Crippen molar-refractivity contribution in [3.05, 3.63) is 60.7 Å². The second-order valence-corrected chi connectivity index (χ2v) is 7.22. The molecule has 0 unspecified atom stereocenters. The summed E-state index contributed by atoms with van der Waals surface area (Å²) in [7, 11) is -0.936. The summed E-state index contributed by atoms with van der Waals surface area (Å²) in [6.45, 7) is 0. The molecule has 1 fully saturated rings. The zero-order chi connectivity index (χ0) is 15.0. The number of para-hydroxylation sites is 2. The van der Waals surface area contributed by atoms with Gasteiger partial charge in [-0.25, -0.2) is 0 Å². The van der Waals surface area contributed by atoms with Crippen LogP contribution in [-0.4, -0.2) is 6.16 Å². The van der Waals surface area contributed by atoms with Gasteiger partial charge in [0.05, 0.1) is 0 Å². The van der Waals surface area contributed by atoms with Gasteiger partial charge in [-0.15, -0.1) is 0 Å². The van der Waals surface area contributed by atoms with Gasteiger partial charge in [0.2, 0.25) is 0 Å². The molecule has 0 bridgehead atoms. The summed E-state index contributed by atoms with van der Waals surface area (Å²) in [4.78, 5) is 0. The first-order valence-corrected chi connectivity index (χ1v) is 9.50. The Bertz CT molecular complexity index is 496. The molecule has 0 heterocycles. The van der Waals surface area contributed by atoms with Crippen LogP contribution >= 0.6 is 8.38 Å². The molecule has 0 spiro atoms. The minimum Gasteiger partial charge on any atom is -0.439 e. The van der Waals surface area contributed by atoms with Gasteiger partial charge < -0.3 is 9.05 Å². The van der Waals surface area contributed by atoms with Gasteiger partial charge in [-0.1, -0.05) is 55.7 Å². The largest absolute Gasteiger partial charge is 0.439 e. The van der Waals surface area contributed by atoms with Crippen LogP contribution < -0.4 is 9.05 Å². The van der Waals surface area contributed by atoms with Crippen molar-refractivity contribution in [1.82, 2.24) is 0 Å². The molecule has 22 heavy (non-hydrogen) atoms. The lowest BCUT2D eigenvalue weighted by atomic mass is 9.91. The molecule has 1 aliphatic carbocycles. The van der Waals surface area contributed by atoms with E-state index in [-0.39, 0.29) is 0 Å². The second-order valence-electron chi connectivity index (χ2n) is 5.83. The van der Waals surface area contributed by atoms with Crippen molar-refractivity contribution in [2.24, 2.45) is 5.92 Å². The van der Waals surface area contributed by atoms with E-state index in [0.29, 0.717) is 0 Å². The van der Waals surface area contributed by atoms with Gasteiger partial charge in [-0.05, 0) is 43.0 Å². The molecule has 0 atom stereocenters. The fourth-order valence-corrected chi connectivity index (χ4v) is 4.56. The Morgan fingerprint density at radius 3 is 1.73 bits per heavy atom. The third-order valence-electron chi connectivity index (χ3n) is 4.03. The van der Waals surface area contributed by atoms with E-state index in [1.54, 1.807) is 0 Å². The highest BCUT2D eigenvalue weighted by molar-refractivity contribution is 7.48. The predicted octanol–water partition coefficient (Wildman–Crippen LogP) is 6.04. The molecular weight excluding hydrogens is 291 g/mol. The lowest BCUT2D eigenvalue weighted by Gasteiger charge is -2.26. The topological polar surface area (TPSA) is 18.5 Å². The minimum atomic E-state index is -0.936. The summed E-state index contributed by atoms with van der Waals surface area (Å²) in [5, 5.41) is 0. The summed E-state index contributed by atoms with van der Waals surface area (Å²) in [6, 6.07) is 20.1. The van der Waals surface area contributed by atoms with E-state index in [2.05, 4.69) is 0 Å². The molecule has 2 nitrogen and oxygen atoms in total. The molecule has 1 saturated carbocycles. The Labute approximate surface area is 134 Å². The van der Waals surface area contributed by atoms with Gasteiger partial charge in [0.25, 0.3) is 8.38 Å². The van der Waals surface area contributed by atoms with E-state index in [0.717, 1.165) is 23.6 Å². The smallest absolute Gasteiger partial charge is 0.290 e. The van der Waals surface area contributed by atoms with Gasteiger partial charge in [-0.2, -0.15) is 0 Å². The summed E-state index contributed by atoms with van der Waals surface area (Å²) in [5.41, 5.74) is 0. The third-order valence-corrected chi connectivity index (χ3v) is 5.68. The Hall–Kier alpha value is -1.53. The molecule has 0 aromatic heterocycles. The van der Waals surface area contributed by atoms with E-state index in [4.69, 9.17) is 9.05 Å². The fourth-order valence-electron chi connectivity index (χ4n) is 2.87. The van der Waals surface area contributed by atoms with Gasteiger partial charge in [0, 0.05) is 6.16 Å². The van der Waals surface area contributed by atoms with Crippen molar-refractivity contribution >= 4 is 8.38 Å². The summed E-state index contributed by atoms with van der Waals surface area (Å²) < 4.78 is 12.3. The number of benzene rings is 2. The maximum absolute atomic E-state index is 6.16. The summed E-state index contributed by atoms with van der Waals surface area (Å²) in [6.07, 6.45) is 7.74. The summed E-state index contributed by atoms with van der Waals surface area (Å²) in [5.74, 6) is 2.55. The lowest BCUT2D eigenvalue weighted by Crippen LogP contribution is -2.13. The highest BCUT2D eigenvalue weighted by Gasteiger charge is 2.23. The maximum Gasteiger partial charge on any atom is 0.290 e. The molecule has 0 radical (unpaired) electrons. The fraction of sp³-hybridized carbons (Fsp3) is 0.368. The van der Waals surface area contributed by atoms with Crippen LogP contribution in [0.15, 0.2) is 60.7 Å². The predicted molar refractivity (Wildman–Crippen MR) is 92.5 cm³/mol. The molecule has 0 N–H and O–H groups in total. The molecule has 2 aromatic carbocycles. The van der Waals surface area contributed by atoms with Crippen LogP contribution in [0, 0.1) is 5.92 Å². The zero-order valence-electron chi connectivity index (χ0n) is 12.9. The lowest BCUT2D eigenvalue weighted by molar-refractivity contribution is 0.374. The first kappa shape index (κ1) is 15.4. The van der Waals surface area contributed by atoms with E-state index in [1.807, 2.05) is 60.7 Å². The first-order valence-electron chi connectivity index (χ1n) is 8.14. The molecule has 1 aliphatic rings. The molecular formula is C19H23O2P. The molecule has 0 aliphatic heterocycles. The average Bonchev–Trinajstić information content (AvgIpc) is 2.57. The molecule has 0 amide bonds. The van der Waals surface area contributed by atoms with Crippen LogP contribution in [-0.2, 0) is 0 Å². The normalized spacial score (nSPS) is 15.7. The van der Waals surface area contributed by atoms with Crippen molar-refractivity contribution < 1.29 is 9.05 Å². The number of rotatable bonds is 6. The van der Waals surface area contributed by atoms with Crippen LogP contribution in [0.5, 0.6) is 11.5 Å². The van der Waals surface area contributed by atoms with E-state index in [9.17, 15) is 0 Å². The Balaban J connectivity index is 1.66. The second kappa shape index (κ2) is 8.19. The zero-order valence-corrected chi connectivity index (χ0v) is 13.8. The van der Waals surface area contributed by atoms with Crippen molar-refractivity contribution in [2.75, 3.05) is 6.16 Å². The van der Waals surface area contributed by atoms with E-state index >= 15 is 0 Å². The van der Waals surface area contributed by atoms with Crippen LogP contribution in [0.2, 0.25) is 0 Å². The van der Waals surface area contributed by atoms with Crippen molar-refractivity contribution in [1.29, 1.82) is 0 Å². The first-order chi connectivity index (χ1) is 10.9. The third kappa shape index (κ3) is 4.74. The standard InChI is InChI=1S/C19H23O2P/c1-4-10-17(11-5-1)16-22(20-18-12-6-2-7-13-18)21-19-14-8-3-9-15-19/h2-3,6-9,12-15,17H,1,4-5,10-11,16H2. The Morgan fingerprint density at radius 1 is 0.727 bits per heavy atom. The molecule has 0 saturated heterocycles. The van der Waals surface area contributed by atoms with E-state index in [1.165, 1.54) is 32.1 Å². The highest BCUT2D eigenvalue weighted by atomic mass is 31.2. The SMILES string of the molecule is c1ccc(OP(CC2CCCCC2)Oc2ccccc2)cc1. The van der Waals surface area contributed by atoms with Gasteiger partial charge in [-0.3, -0.25) is 0 Å². The van der Waals surface area contributed by atoms with Crippen LogP contribution in [0.1, 0.15) is 32.1 Å². The molecule has 3 rings (SSSR count). The number of hydrogen-bond donors (Lipinski definition) is 0. The van der Waals surface area contributed by atoms with Crippen LogP contribution in [0.4, 0.5) is 0 Å². The van der Waals surface area contributed by atoms with Gasteiger partial charge in [0.1, 0.15) is 11.5 Å². The van der Waals surface area contributed by atoms with Crippen molar-refractivity contribution in [3.8, 4) is 11.5 Å². The Morgan fingerprint density at radius 2 is 1.23 bits per heavy atom. The van der Waals surface area contributed by atoms with Crippen molar-refractivity contribution in [3.63, 3.8) is 0 Å². The quantitative estimate of drug-likeness (QED) is 0.605. The van der Waals surface area contributed by atoms with Gasteiger partial charge in [0.15, 0.2) is 0 Å². The van der Waals surface area contributed by atoms with Gasteiger partial charge >= 0.3 is 0 Å². The average molecular weight is 314 g/mol. The monoisotopic (exact) mass is 314 g/mol. The van der Waals surface area contributed by atoms with E-state index < -0.39 is 8.38 Å². The summed E-state index contributed by atoms with van der Waals surface area (Å²) >= 11 is 0. The Kier molecular flexibility index (Phi) is 5.72. The maximum atomic E-state index is 6.16. The molecule has 3 heteroatoms. The molecule has 116 valence electrons. The van der Waals surface area contributed by atoms with Crippen LogP contribution in [0.25, 0.3) is 0 Å². The highest BCUT2D eigenvalue weighted by Crippen LogP contribution is 2.44. The minimum absolute atomic E-state index is 0.743. The number of hydrogen-bond acceptors (Lipinski definition) is 2. The van der Waals surface area contributed by atoms with Crippen molar-refractivity contribution in [2.45, 2.75) is 32.1 Å².